The van der Waals surface area contributed by atoms with E-state index < -0.39 is 10.0 Å². The van der Waals surface area contributed by atoms with Gasteiger partial charge in [0.25, 0.3) is 0 Å². The summed E-state index contributed by atoms with van der Waals surface area (Å²) in [7, 11) is -3.49. The van der Waals surface area contributed by atoms with Crippen molar-refractivity contribution in [1.82, 2.24) is 19.2 Å². The van der Waals surface area contributed by atoms with Crippen molar-refractivity contribution in [2.45, 2.75) is 24.4 Å². The number of nitrogens with zero attached hydrogens (tertiary/aromatic N) is 4. The van der Waals surface area contributed by atoms with Crippen LogP contribution in [0.4, 0.5) is 0 Å². The molecule has 0 bridgehead atoms. The Morgan fingerprint density at radius 1 is 1.03 bits per heavy atom. The van der Waals surface area contributed by atoms with Gasteiger partial charge in [0.05, 0.1) is 22.1 Å². The predicted molar refractivity (Wildman–Crippen MR) is 120 cm³/mol. The standard InChI is InChI=1S/C21H24BrN5O2S/c1-15(21-24-19-5-3-2-4-18(19)20(14-23)25-21)26-10-12-27(13-11-26)30(28,29)17-8-6-16(22)7-9-17/h2-9,15H,10-14,23H2,1H3. The van der Waals surface area contributed by atoms with Gasteiger partial charge in [-0.2, -0.15) is 4.31 Å². The molecule has 0 radical (unpaired) electrons. The van der Waals surface area contributed by atoms with Crippen molar-refractivity contribution in [1.29, 1.82) is 0 Å². The molecule has 1 aliphatic rings. The van der Waals surface area contributed by atoms with Gasteiger partial charge >= 0.3 is 0 Å². The monoisotopic (exact) mass is 489 g/mol. The first-order valence-electron chi connectivity index (χ1n) is 9.85. The highest BCUT2D eigenvalue weighted by Crippen LogP contribution is 2.25. The third-order valence-electron chi connectivity index (χ3n) is 5.54. The Balaban J connectivity index is 1.50. The van der Waals surface area contributed by atoms with Crippen LogP contribution in [0, 0.1) is 0 Å². The lowest BCUT2D eigenvalue weighted by molar-refractivity contribution is 0.141. The fourth-order valence-corrected chi connectivity index (χ4v) is 5.44. The molecule has 1 aliphatic heterocycles. The third kappa shape index (κ3) is 4.13. The molecule has 1 unspecified atom stereocenters. The number of aromatic nitrogens is 2. The minimum atomic E-state index is -3.49. The smallest absolute Gasteiger partial charge is 0.243 e. The highest BCUT2D eigenvalue weighted by molar-refractivity contribution is 9.10. The number of sulfonamides is 1. The van der Waals surface area contributed by atoms with E-state index in [4.69, 9.17) is 15.7 Å². The second kappa shape index (κ2) is 8.68. The Labute approximate surface area is 185 Å². The van der Waals surface area contributed by atoms with Gasteiger partial charge in [-0.25, -0.2) is 18.4 Å². The zero-order valence-corrected chi connectivity index (χ0v) is 19.1. The molecule has 7 nitrogen and oxygen atoms in total. The molecule has 2 heterocycles. The number of hydrogen-bond acceptors (Lipinski definition) is 6. The molecule has 2 aromatic carbocycles. The van der Waals surface area contributed by atoms with Crippen molar-refractivity contribution in [3.05, 3.63) is 64.5 Å². The topological polar surface area (TPSA) is 92.4 Å². The fraction of sp³-hybridized carbons (Fsp3) is 0.333. The molecular formula is C21H24BrN5O2S. The normalized spacial score (nSPS) is 17.3. The summed E-state index contributed by atoms with van der Waals surface area (Å²) in [6, 6.07) is 14.6. The van der Waals surface area contributed by atoms with Crippen LogP contribution >= 0.6 is 15.9 Å². The molecule has 0 spiro atoms. The van der Waals surface area contributed by atoms with E-state index in [9.17, 15) is 8.42 Å². The minimum absolute atomic E-state index is 0.0301. The van der Waals surface area contributed by atoms with E-state index in [1.807, 2.05) is 24.3 Å². The number of piperazine rings is 1. The Morgan fingerprint density at radius 3 is 2.37 bits per heavy atom. The van der Waals surface area contributed by atoms with E-state index in [1.54, 1.807) is 28.6 Å². The molecule has 2 N–H and O–H groups in total. The molecule has 158 valence electrons. The maximum atomic E-state index is 12.9. The van der Waals surface area contributed by atoms with E-state index in [0.717, 1.165) is 26.9 Å². The minimum Gasteiger partial charge on any atom is -0.325 e. The number of halogens is 1. The van der Waals surface area contributed by atoms with Gasteiger partial charge in [-0.05, 0) is 37.3 Å². The number of para-hydroxylation sites is 1. The Hall–Kier alpha value is -1.91. The second-order valence-electron chi connectivity index (χ2n) is 7.32. The number of nitrogens with two attached hydrogens (primary N) is 1. The van der Waals surface area contributed by atoms with Gasteiger partial charge in [-0.1, -0.05) is 34.1 Å². The largest absolute Gasteiger partial charge is 0.325 e. The van der Waals surface area contributed by atoms with Crippen LogP contribution in [0.15, 0.2) is 57.9 Å². The van der Waals surface area contributed by atoms with Crippen LogP contribution in [0.3, 0.4) is 0 Å². The molecule has 1 saturated heterocycles. The molecule has 1 atom stereocenters. The molecule has 9 heteroatoms. The molecule has 0 aliphatic carbocycles. The maximum Gasteiger partial charge on any atom is 0.243 e. The van der Waals surface area contributed by atoms with Gasteiger partial charge in [0.15, 0.2) is 0 Å². The summed E-state index contributed by atoms with van der Waals surface area (Å²) in [5, 5.41) is 0.973. The van der Waals surface area contributed by atoms with Crippen molar-refractivity contribution in [3.63, 3.8) is 0 Å². The van der Waals surface area contributed by atoms with Crippen molar-refractivity contribution in [2.75, 3.05) is 26.2 Å². The van der Waals surface area contributed by atoms with Crippen molar-refractivity contribution < 1.29 is 8.42 Å². The Kier molecular flexibility index (Phi) is 6.17. The van der Waals surface area contributed by atoms with Crippen molar-refractivity contribution in [2.24, 2.45) is 5.73 Å². The molecule has 0 saturated carbocycles. The van der Waals surface area contributed by atoms with E-state index >= 15 is 0 Å². The van der Waals surface area contributed by atoms with Crippen LogP contribution in [0.1, 0.15) is 24.5 Å². The van der Waals surface area contributed by atoms with E-state index in [1.165, 1.54) is 0 Å². The van der Waals surface area contributed by atoms with E-state index in [2.05, 4.69) is 27.8 Å². The summed E-state index contributed by atoms with van der Waals surface area (Å²) in [5.41, 5.74) is 7.63. The number of benzene rings is 2. The molecule has 0 amide bonds. The zero-order valence-electron chi connectivity index (χ0n) is 16.7. The Bertz CT molecular complexity index is 1150. The second-order valence-corrected chi connectivity index (χ2v) is 10.2. The first kappa shape index (κ1) is 21.3. The highest BCUT2D eigenvalue weighted by Gasteiger charge is 2.31. The maximum absolute atomic E-state index is 12.9. The van der Waals surface area contributed by atoms with Gasteiger partial charge in [0.2, 0.25) is 10.0 Å². The summed E-state index contributed by atoms with van der Waals surface area (Å²) in [6.45, 7) is 4.50. The van der Waals surface area contributed by atoms with Crippen LogP contribution in [0.25, 0.3) is 10.9 Å². The van der Waals surface area contributed by atoms with Crippen LogP contribution in [-0.2, 0) is 16.6 Å². The van der Waals surface area contributed by atoms with Crippen LogP contribution in [0.5, 0.6) is 0 Å². The third-order valence-corrected chi connectivity index (χ3v) is 7.98. The molecular weight excluding hydrogens is 466 g/mol. The summed E-state index contributed by atoms with van der Waals surface area (Å²) < 4.78 is 28.3. The summed E-state index contributed by atoms with van der Waals surface area (Å²) in [5.74, 6) is 0.721. The summed E-state index contributed by atoms with van der Waals surface area (Å²) in [6.07, 6.45) is 0. The number of fused-ring (bicyclic) bond motifs is 1. The molecule has 30 heavy (non-hydrogen) atoms. The van der Waals surface area contributed by atoms with Gasteiger partial charge in [-0.15, -0.1) is 0 Å². The zero-order chi connectivity index (χ0) is 21.3. The first-order chi connectivity index (χ1) is 14.4. The average molecular weight is 490 g/mol. The lowest BCUT2D eigenvalue weighted by Gasteiger charge is -2.36. The SMILES string of the molecule is CC(c1nc(CN)c2ccccc2n1)N1CCN(S(=O)(=O)c2ccc(Br)cc2)CC1. The Morgan fingerprint density at radius 2 is 1.70 bits per heavy atom. The van der Waals surface area contributed by atoms with Crippen LogP contribution in [-0.4, -0.2) is 53.8 Å². The number of rotatable bonds is 5. The molecule has 3 aromatic rings. The van der Waals surface area contributed by atoms with Crippen LogP contribution in [0.2, 0.25) is 0 Å². The van der Waals surface area contributed by atoms with E-state index in [-0.39, 0.29) is 6.04 Å². The lowest BCUT2D eigenvalue weighted by atomic mass is 10.1. The van der Waals surface area contributed by atoms with Gasteiger partial charge < -0.3 is 5.73 Å². The average Bonchev–Trinajstić information content (AvgIpc) is 2.78. The first-order valence-corrected chi connectivity index (χ1v) is 12.1. The van der Waals surface area contributed by atoms with Crippen molar-refractivity contribution in [3.8, 4) is 0 Å². The quantitative estimate of drug-likeness (QED) is 0.592. The summed E-state index contributed by atoms with van der Waals surface area (Å²) in [4.78, 5) is 12.0. The van der Waals surface area contributed by atoms with Gasteiger partial charge in [0.1, 0.15) is 5.82 Å². The van der Waals surface area contributed by atoms with E-state index in [0.29, 0.717) is 37.6 Å². The van der Waals surface area contributed by atoms with Gasteiger partial charge in [0, 0.05) is 42.6 Å². The highest BCUT2D eigenvalue weighted by atomic mass is 79.9. The predicted octanol–water partition coefficient (Wildman–Crippen LogP) is 2.92. The molecule has 1 fully saturated rings. The fourth-order valence-electron chi connectivity index (χ4n) is 3.75. The molecule has 4 rings (SSSR count). The lowest BCUT2D eigenvalue weighted by Crippen LogP contribution is -2.49. The van der Waals surface area contributed by atoms with Gasteiger partial charge in [-0.3, -0.25) is 4.90 Å². The number of hydrogen-bond donors (Lipinski definition) is 1. The van der Waals surface area contributed by atoms with Crippen molar-refractivity contribution >= 4 is 36.9 Å². The van der Waals surface area contributed by atoms with Crippen LogP contribution < -0.4 is 5.73 Å². The summed E-state index contributed by atoms with van der Waals surface area (Å²) >= 11 is 3.34. The molecule has 1 aromatic heterocycles.